The van der Waals surface area contributed by atoms with E-state index in [9.17, 15) is 24.5 Å². The Balaban J connectivity index is 1.75. The topological polar surface area (TPSA) is 141 Å². The van der Waals surface area contributed by atoms with Gasteiger partial charge in [-0.2, -0.15) is 0 Å². The maximum absolute atomic E-state index is 11.9. The molecule has 0 saturated heterocycles. The van der Waals surface area contributed by atoms with Crippen molar-refractivity contribution >= 4 is 39.8 Å². The van der Waals surface area contributed by atoms with Crippen LogP contribution in [0.2, 0.25) is 0 Å². The van der Waals surface area contributed by atoms with Crippen molar-refractivity contribution in [1.29, 1.82) is 0 Å². The minimum absolute atomic E-state index is 0.0661. The van der Waals surface area contributed by atoms with Gasteiger partial charge in [0.15, 0.2) is 6.61 Å². The van der Waals surface area contributed by atoms with Crippen LogP contribution in [0, 0.1) is 17.0 Å². The van der Waals surface area contributed by atoms with Crippen molar-refractivity contribution < 1.29 is 24.0 Å². The molecule has 0 unspecified atom stereocenters. The van der Waals surface area contributed by atoms with Gasteiger partial charge in [0.25, 0.3) is 5.69 Å². The average molecular weight is 378 g/mol. The van der Waals surface area contributed by atoms with Crippen molar-refractivity contribution in [2.75, 3.05) is 11.9 Å². The van der Waals surface area contributed by atoms with Crippen molar-refractivity contribution in [3.8, 4) is 0 Å². The van der Waals surface area contributed by atoms with E-state index in [1.807, 2.05) is 0 Å². The van der Waals surface area contributed by atoms with Crippen LogP contribution in [-0.2, 0) is 14.3 Å². The quantitative estimate of drug-likeness (QED) is 0.318. The number of non-ortho nitro benzene ring substituents is 1. The molecule has 1 heterocycles. The Morgan fingerprint density at radius 1 is 1.27 bits per heavy atom. The number of nitrogens with one attached hydrogen (secondary N) is 1. The molecular formula is C15H14N4O6S. The normalized spacial score (nSPS) is 10.2. The number of nitrogens with zero attached hydrogens (tertiary/aromatic N) is 3. The summed E-state index contributed by atoms with van der Waals surface area (Å²) in [5.74, 6) is -1.73. The minimum Gasteiger partial charge on any atom is -0.457 e. The van der Waals surface area contributed by atoms with Gasteiger partial charge < -0.3 is 10.1 Å². The molecule has 0 aliphatic rings. The third-order valence-corrected chi connectivity index (χ3v) is 3.83. The van der Waals surface area contributed by atoms with Gasteiger partial charge in [-0.15, -0.1) is 10.2 Å². The summed E-state index contributed by atoms with van der Waals surface area (Å²) < 4.78 is 4.80. The first-order chi connectivity index (χ1) is 12.3. The number of esters is 1. The maximum Gasteiger partial charge on any atom is 0.306 e. The smallest absolute Gasteiger partial charge is 0.306 e. The fourth-order valence-electron chi connectivity index (χ4n) is 1.84. The van der Waals surface area contributed by atoms with Crippen molar-refractivity contribution in [3.05, 3.63) is 45.0 Å². The third kappa shape index (κ3) is 5.70. The molecule has 2 rings (SSSR count). The van der Waals surface area contributed by atoms with Gasteiger partial charge in [-0.3, -0.25) is 24.5 Å². The first kappa shape index (κ1) is 19.1. The summed E-state index contributed by atoms with van der Waals surface area (Å²) in [5, 5.41) is 21.7. The molecule has 0 fully saturated rings. The second kappa shape index (κ2) is 8.76. The van der Waals surface area contributed by atoms with Crippen molar-refractivity contribution in [3.63, 3.8) is 0 Å². The van der Waals surface area contributed by atoms with E-state index in [1.165, 1.54) is 29.5 Å². The van der Waals surface area contributed by atoms with E-state index in [0.29, 0.717) is 10.1 Å². The van der Waals surface area contributed by atoms with Crippen LogP contribution < -0.4 is 5.32 Å². The Kier molecular flexibility index (Phi) is 6.44. The molecule has 1 N–H and O–H groups in total. The molecule has 1 amide bonds. The summed E-state index contributed by atoms with van der Waals surface area (Å²) in [6.45, 7) is 1.18. The van der Waals surface area contributed by atoms with E-state index in [1.54, 1.807) is 6.92 Å². The fraction of sp³-hybridized carbons (Fsp3) is 0.267. The summed E-state index contributed by atoms with van der Waals surface area (Å²) in [5.41, 5.74) is -0.165. The predicted molar refractivity (Wildman–Crippen MR) is 90.9 cm³/mol. The van der Waals surface area contributed by atoms with Crippen molar-refractivity contribution in [2.45, 2.75) is 19.8 Å². The molecule has 0 saturated carbocycles. The molecule has 1 aromatic heterocycles. The number of hydrogen-bond acceptors (Lipinski definition) is 9. The number of Topliss-reactive ketones (excluding diaryl/α,β-unsaturated/α-hetero) is 1. The summed E-state index contributed by atoms with van der Waals surface area (Å²) >= 11 is 1.20. The highest BCUT2D eigenvalue weighted by Gasteiger charge is 2.15. The van der Waals surface area contributed by atoms with Gasteiger partial charge in [-0.25, -0.2) is 0 Å². The fourth-order valence-corrected chi connectivity index (χ4v) is 2.45. The Morgan fingerprint density at radius 2 is 2.04 bits per heavy atom. The number of anilines is 1. The number of aryl methyl sites for hydroxylation is 1. The van der Waals surface area contributed by atoms with Gasteiger partial charge in [0.05, 0.1) is 11.3 Å². The molecule has 2 aromatic rings. The van der Waals surface area contributed by atoms with Gasteiger partial charge in [-0.1, -0.05) is 23.5 Å². The maximum atomic E-state index is 11.9. The number of aromatic nitrogens is 2. The Hall–Kier alpha value is -3.21. The second-order valence-electron chi connectivity index (χ2n) is 5.07. The van der Waals surface area contributed by atoms with Gasteiger partial charge in [0.1, 0.15) is 5.01 Å². The van der Waals surface area contributed by atoms with Crippen molar-refractivity contribution in [1.82, 2.24) is 10.2 Å². The second-order valence-corrected chi connectivity index (χ2v) is 6.25. The first-order valence-electron chi connectivity index (χ1n) is 7.38. The molecule has 0 atom stereocenters. The molecule has 136 valence electrons. The Morgan fingerprint density at radius 3 is 2.69 bits per heavy atom. The zero-order chi connectivity index (χ0) is 19.1. The highest BCUT2D eigenvalue weighted by molar-refractivity contribution is 7.15. The number of ketones is 1. The average Bonchev–Trinajstić information content (AvgIpc) is 3.02. The van der Waals surface area contributed by atoms with E-state index in [0.717, 1.165) is 6.07 Å². The Labute approximate surface area is 151 Å². The van der Waals surface area contributed by atoms with Crippen LogP contribution in [0.15, 0.2) is 24.3 Å². The largest absolute Gasteiger partial charge is 0.457 e. The molecule has 10 nitrogen and oxygen atoms in total. The lowest BCUT2D eigenvalue weighted by Crippen LogP contribution is -2.17. The number of hydrogen-bond donors (Lipinski definition) is 1. The van der Waals surface area contributed by atoms with E-state index >= 15 is 0 Å². The Bertz CT molecular complexity index is 850. The molecular weight excluding hydrogens is 364 g/mol. The molecule has 1 aromatic carbocycles. The van der Waals surface area contributed by atoms with Gasteiger partial charge >= 0.3 is 5.97 Å². The number of benzene rings is 1. The number of nitro groups is 1. The first-order valence-corrected chi connectivity index (χ1v) is 8.20. The summed E-state index contributed by atoms with van der Waals surface area (Å²) in [7, 11) is 0. The summed E-state index contributed by atoms with van der Waals surface area (Å²) in [6.07, 6.45) is -0.353. The zero-order valence-electron chi connectivity index (χ0n) is 13.6. The minimum atomic E-state index is -0.729. The monoisotopic (exact) mass is 378 g/mol. The molecule has 26 heavy (non-hydrogen) atoms. The lowest BCUT2D eigenvalue weighted by Gasteiger charge is -2.04. The molecule has 11 heteroatoms. The van der Waals surface area contributed by atoms with Crippen LogP contribution in [0.5, 0.6) is 0 Å². The predicted octanol–water partition coefficient (Wildman–Crippen LogP) is 1.90. The molecule has 0 aliphatic carbocycles. The van der Waals surface area contributed by atoms with Gasteiger partial charge in [0, 0.05) is 24.1 Å². The van der Waals surface area contributed by atoms with Gasteiger partial charge in [0.2, 0.25) is 16.8 Å². The number of nitro benzene ring substituents is 1. The molecule has 0 spiro atoms. The molecule has 0 radical (unpaired) electrons. The summed E-state index contributed by atoms with van der Waals surface area (Å²) in [6, 6.07) is 5.11. The number of rotatable bonds is 8. The van der Waals surface area contributed by atoms with E-state index in [2.05, 4.69) is 15.5 Å². The molecule has 0 bridgehead atoms. The standard InChI is InChI=1S/C15H14N4O6S/c1-9-17-18-15(26-9)16-13(21)5-6-14(22)25-8-12(20)10-3-2-4-11(7-10)19(23)24/h2-4,7H,5-6,8H2,1H3,(H,16,18,21). The lowest BCUT2D eigenvalue weighted by atomic mass is 10.1. The van der Waals surface area contributed by atoms with Crippen LogP contribution in [0.3, 0.4) is 0 Å². The lowest BCUT2D eigenvalue weighted by molar-refractivity contribution is -0.384. The zero-order valence-corrected chi connectivity index (χ0v) is 14.4. The van der Waals surface area contributed by atoms with E-state index in [-0.39, 0.29) is 24.1 Å². The SMILES string of the molecule is Cc1nnc(NC(=O)CCC(=O)OCC(=O)c2cccc([N+](=O)[O-])c2)s1. The van der Waals surface area contributed by atoms with E-state index in [4.69, 9.17) is 4.74 Å². The number of carbonyl (C=O) groups is 3. The van der Waals surface area contributed by atoms with Crippen LogP contribution in [0.25, 0.3) is 0 Å². The number of amides is 1. The summed E-state index contributed by atoms with van der Waals surface area (Å²) in [4.78, 5) is 45.3. The van der Waals surface area contributed by atoms with Crippen LogP contribution >= 0.6 is 11.3 Å². The van der Waals surface area contributed by atoms with Crippen LogP contribution in [-0.4, -0.2) is 39.4 Å². The number of carbonyl (C=O) groups excluding carboxylic acids is 3. The molecule has 0 aliphatic heterocycles. The van der Waals surface area contributed by atoms with Crippen LogP contribution in [0.4, 0.5) is 10.8 Å². The van der Waals surface area contributed by atoms with Crippen LogP contribution in [0.1, 0.15) is 28.2 Å². The highest BCUT2D eigenvalue weighted by atomic mass is 32.1. The van der Waals surface area contributed by atoms with Crippen molar-refractivity contribution in [2.24, 2.45) is 0 Å². The third-order valence-electron chi connectivity index (χ3n) is 3.07. The number of ether oxygens (including phenoxy) is 1. The highest BCUT2D eigenvalue weighted by Crippen LogP contribution is 2.15. The van der Waals surface area contributed by atoms with Gasteiger partial charge in [-0.05, 0) is 6.92 Å². The van der Waals surface area contributed by atoms with E-state index < -0.39 is 29.2 Å².